The minimum absolute atomic E-state index is 0.945. The van der Waals surface area contributed by atoms with Crippen LogP contribution in [0.15, 0.2) is 0 Å². The van der Waals surface area contributed by atoms with Gasteiger partial charge in [0.2, 0.25) is 0 Å². The summed E-state index contributed by atoms with van der Waals surface area (Å²) in [6, 6.07) is 0. The van der Waals surface area contributed by atoms with E-state index in [1.165, 1.54) is 28.6 Å². The molecule has 0 aromatic carbocycles. The zero-order chi connectivity index (χ0) is 6.95. The summed E-state index contributed by atoms with van der Waals surface area (Å²) in [5, 5.41) is 2.90. The molecule has 0 rings (SSSR count). The van der Waals surface area contributed by atoms with Gasteiger partial charge < -0.3 is 0 Å². The van der Waals surface area contributed by atoms with E-state index in [0.717, 1.165) is 15.0 Å². The quantitative estimate of drug-likeness (QED) is 0.481. The van der Waals surface area contributed by atoms with Gasteiger partial charge >= 0.3 is 69.1 Å². The van der Waals surface area contributed by atoms with Gasteiger partial charge in [-0.1, -0.05) is 0 Å². The summed E-state index contributed by atoms with van der Waals surface area (Å²) in [7, 11) is 0. The molecule has 0 fully saturated rings. The number of hydrogen-bond donors (Lipinski definition) is 0. The summed E-state index contributed by atoms with van der Waals surface area (Å²) in [4.78, 5) is 0. The molecule has 0 bridgehead atoms. The van der Waals surface area contributed by atoms with E-state index in [0.29, 0.717) is 0 Å². The zero-order valence-corrected chi connectivity index (χ0v) is 8.88. The molecule has 0 saturated heterocycles. The van der Waals surface area contributed by atoms with Crippen LogP contribution < -0.4 is 0 Å². The molecule has 0 aromatic rings. The topological polar surface area (TPSA) is 0 Å². The normalized spacial score (nSPS) is 10.0. The van der Waals surface area contributed by atoms with E-state index in [2.05, 4.69) is 25.6 Å². The summed E-state index contributed by atoms with van der Waals surface area (Å²) >= 11 is 3.05. The van der Waals surface area contributed by atoms with Crippen molar-refractivity contribution in [1.29, 1.82) is 0 Å². The predicted molar refractivity (Wildman–Crippen MR) is 48.7 cm³/mol. The fourth-order valence-electron chi connectivity index (χ4n) is 0.509. The second-order valence-corrected chi connectivity index (χ2v) is 5.96. The number of hydrogen-bond acceptors (Lipinski definition) is 1. The second kappa shape index (κ2) is 8.87. The van der Waals surface area contributed by atoms with Crippen LogP contribution in [0.1, 0.15) is 20.3 Å². The predicted octanol–water partition coefficient (Wildman–Crippen LogP) is 2.69. The first-order chi connectivity index (χ1) is 4.41. The Morgan fingerprint density at radius 2 is 2.00 bits per heavy atom. The van der Waals surface area contributed by atoms with Gasteiger partial charge in [0.25, 0.3) is 0 Å². The molecule has 0 aliphatic rings. The maximum atomic E-state index is 2.28. The molecule has 0 aromatic heterocycles. The molecule has 9 heavy (non-hydrogen) atoms. The van der Waals surface area contributed by atoms with Gasteiger partial charge in [-0.15, -0.1) is 0 Å². The van der Waals surface area contributed by atoms with Crippen LogP contribution in [0.25, 0.3) is 0 Å². The van der Waals surface area contributed by atoms with Crippen LogP contribution >= 0.6 is 11.8 Å². The zero-order valence-electron chi connectivity index (χ0n) is 6.35. The third-order valence-electron chi connectivity index (χ3n) is 0.925. The summed E-state index contributed by atoms with van der Waals surface area (Å²) in [5.41, 5.74) is 0. The van der Waals surface area contributed by atoms with Crippen LogP contribution in [0.3, 0.4) is 0 Å². The molecule has 0 atom stereocenters. The van der Waals surface area contributed by atoms with Gasteiger partial charge in [0.05, 0.1) is 0 Å². The van der Waals surface area contributed by atoms with Crippen LogP contribution in [0.2, 0.25) is 10.6 Å². The van der Waals surface area contributed by atoms with Crippen LogP contribution in [0.4, 0.5) is 0 Å². The van der Waals surface area contributed by atoms with Crippen molar-refractivity contribution in [3.05, 3.63) is 0 Å². The first-order valence-corrected chi connectivity index (χ1v) is 7.15. The molecule has 0 amide bonds. The Morgan fingerprint density at radius 1 is 1.22 bits per heavy atom. The molecule has 0 aliphatic heterocycles. The van der Waals surface area contributed by atoms with Gasteiger partial charge in [-0.05, 0) is 0 Å². The minimum atomic E-state index is 0.945. The van der Waals surface area contributed by atoms with Gasteiger partial charge in [-0.3, -0.25) is 0 Å². The van der Waals surface area contributed by atoms with Gasteiger partial charge in [0.1, 0.15) is 0 Å². The van der Waals surface area contributed by atoms with Gasteiger partial charge in [-0.2, -0.15) is 0 Å². The molecule has 0 unspecified atom stereocenters. The molecular formula is C7H16SSe. The van der Waals surface area contributed by atoms with Crippen molar-refractivity contribution < 1.29 is 0 Å². The molecule has 0 heterocycles. The fraction of sp³-hybridized carbons (Fsp3) is 1.00. The van der Waals surface area contributed by atoms with Gasteiger partial charge in [-0.25, -0.2) is 0 Å². The average molecular weight is 211 g/mol. The second-order valence-electron chi connectivity index (χ2n) is 1.81. The molecule has 56 valence electrons. The molecular weight excluding hydrogens is 195 g/mol. The van der Waals surface area contributed by atoms with E-state index in [1.807, 2.05) is 0 Å². The van der Waals surface area contributed by atoms with Gasteiger partial charge in [0.15, 0.2) is 0 Å². The Hall–Kier alpha value is 0.869. The Morgan fingerprint density at radius 3 is 2.56 bits per heavy atom. The Labute approximate surface area is 69.3 Å². The van der Waals surface area contributed by atoms with Crippen molar-refractivity contribution in [2.45, 2.75) is 30.9 Å². The summed E-state index contributed by atoms with van der Waals surface area (Å²) in [5.74, 6) is 2.77. The molecule has 0 aliphatic carbocycles. The van der Waals surface area contributed by atoms with Crippen LogP contribution in [0, 0.1) is 0 Å². The van der Waals surface area contributed by atoms with E-state index >= 15 is 0 Å². The maximum absolute atomic E-state index is 2.28. The third kappa shape index (κ3) is 8.87. The SMILES string of the molecule is CCCSCC[Se]CC. The van der Waals surface area contributed by atoms with E-state index in [-0.39, 0.29) is 0 Å². The number of rotatable bonds is 6. The van der Waals surface area contributed by atoms with Crippen molar-refractivity contribution in [3.8, 4) is 0 Å². The summed E-state index contributed by atoms with van der Waals surface area (Å²) in [6.45, 7) is 4.53. The number of thioether (sulfide) groups is 1. The van der Waals surface area contributed by atoms with Crippen LogP contribution in [-0.2, 0) is 0 Å². The molecule has 0 nitrogen and oxygen atoms in total. The Bertz CT molecular complexity index is 42.2. The van der Waals surface area contributed by atoms with E-state index < -0.39 is 0 Å². The fourth-order valence-corrected chi connectivity index (χ4v) is 3.33. The Kier molecular flexibility index (Phi) is 9.73. The first kappa shape index (κ1) is 9.87. The summed E-state index contributed by atoms with van der Waals surface area (Å²) < 4.78 is 0. The molecule has 0 spiro atoms. The van der Waals surface area contributed by atoms with E-state index in [4.69, 9.17) is 0 Å². The van der Waals surface area contributed by atoms with Crippen molar-refractivity contribution in [2.24, 2.45) is 0 Å². The molecule has 2 heteroatoms. The monoisotopic (exact) mass is 212 g/mol. The first-order valence-electron chi connectivity index (χ1n) is 3.57. The van der Waals surface area contributed by atoms with E-state index in [1.54, 1.807) is 0 Å². The average Bonchev–Trinajstić information content (AvgIpc) is 1.89. The molecule has 0 N–H and O–H groups in total. The van der Waals surface area contributed by atoms with Crippen molar-refractivity contribution in [1.82, 2.24) is 0 Å². The van der Waals surface area contributed by atoms with Crippen molar-refractivity contribution in [3.63, 3.8) is 0 Å². The van der Waals surface area contributed by atoms with Crippen LogP contribution in [-0.4, -0.2) is 26.5 Å². The standard InChI is InChI=1S/C7H16SSe/c1-3-5-8-6-7-9-4-2/h3-7H2,1-2H3. The summed E-state index contributed by atoms with van der Waals surface area (Å²) in [6.07, 6.45) is 1.34. The Balaban J connectivity index is 2.60. The van der Waals surface area contributed by atoms with Gasteiger partial charge in [0, 0.05) is 0 Å². The third-order valence-corrected chi connectivity index (χ3v) is 4.59. The molecule has 0 saturated carbocycles. The van der Waals surface area contributed by atoms with Crippen molar-refractivity contribution in [2.75, 3.05) is 11.5 Å². The molecule has 0 radical (unpaired) electrons. The van der Waals surface area contributed by atoms with E-state index in [9.17, 15) is 0 Å². The van der Waals surface area contributed by atoms with Crippen molar-refractivity contribution >= 4 is 26.7 Å². The van der Waals surface area contributed by atoms with Crippen LogP contribution in [0.5, 0.6) is 0 Å².